The molecule has 1 fully saturated rings. The number of hydrogen-bond acceptors (Lipinski definition) is 5. The highest BCUT2D eigenvalue weighted by Crippen LogP contribution is 2.37. The second-order valence-corrected chi connectivity index (χ2v) is 7.51. The fourth-order valence-electron chi connectivity index (χ4n) is 2.44. The molecule has 0 saturated carbocycles. The fraction of sp³-hybridized carbons (Fsp3) is 0.100. The van der Waals surface area contributed by atoms with Crippen LogP contribution >= 0.6 is 35.6 Å². The van der Waals surface area contributed by atoms with Gasteiger partial charge in [-0.05, 0) is 48.0 Å². The topological polar surface area (TPSA) is 38.8 Å². The zero-order chi connectivity index (χ0) is 19.4. The minimum atomic E-state index is -0.182. The number of thioether (sulfide) groups is 1. The van der Waals surface area contributed by atoms with Crippen LogP contribution in [0.2, 0.25) is 5.02 Å². The number of hydrogen-bond donors (Lipinski definition) is 0. The standard InChI is InChI=1S/C20H14ClNO3S2/c1-3-10-25-16-9-4-13(11-17(16)24-2)12-18-19(23)22(20(26)27-18)15-7-5-14(21)6-8-15/h1,4-9,11-12H,10H2,2H3/b18-12+. The molecule has 0 aliphatic carbocycles. The Labute approximate surface area is 172 Å². The maximum absolute atomic E-state index is 12.8. The van der Waals surface area contributed by atoms with Gasteiger partial charge in [0.1, 0.15) is 6.61 Å². The van der Waals surface area contributed by atoms with E-state index in [0.717, 1.165) is 5.56 Å². The van der Waals surface area contributed by atoms with Crippen LogP contribution in [0.15, 0.2) is 47.4 Å². The highest BCUT2D eigenvalue weighted by molar-refractivity contribution is 8.27. The van der Waals surface area contributed by atoms with E-state index in [-0.39, 0.29) is 12.5 Å². The normalized spacial score (nSPS) is 15.1. The molecule has 1 aliphatic rings. The maximum atomic E-state index is 12.8. The molecule has 1 saturated heterocycles. The number of nitrogens with zero attached hydrogens (tertiary/aromatic N) is 1. The zero-order valence-electron chi connectivity index (χ0n) is 14.3. The van der Waals surface area contributed by atoms with Crippen LogP contribution in [-0.4, -0.2) is 23.9 Å². The Morgan fingerprint density at radius 2 is 2.00 bits per heavy atom. The van der Waals surface area contributed by atoms with Crippen molar-refractivity contribution >= 4 is 57.6 Å². The second-order valence-electron chi connectivity index (χ2n) is 5.40. The summed E-state index contributed by atoms with van der Waals surface area (Å²) < 4.78 is 11.2. The number of carbonyl (C=O) groups is 1. The molecule has 0 aromatic heterocycles. The molecule has 4 nitrogen and oxygen atoms in total. The summed E-state index contributed by atoms with van der Waals surface area (Å²) in [5.41, 5.74) is 1.47. The first kappa shape index (κ1) is 19.3. The number of carbonyl (C=O) groups excluding carboxylic acids is 1. The molecular weight excluding hydrogens is 402 g/mol. The number of ether oxygens (including phenoxy) is 2. The first-order valence-corrected chi connectivity index (χ1v) is 9.41. The summed E-state index contributed by atoms with van der Waals surface area (Å²) in [5.74, 6) is 3.31. The van der Waals surface area contributed by atoms with Gasteiger partial charge in [-0.1, -0.05) is 47.6 Å². The number of terminal acetylenes is 1. The summed E-state index contributed by atoms with van der Waals surface area (Å²) in [4.78, 5) is 14.8. The van der Waals surface area contributed by atoms with Gasteiger partial charge >= 0.3 is 0 Å². The molecule has 27 heavy (non-hydrogen) atoms. The van der Waals surface area contributed by atoms with Crippen LogP contribution in [0.4, 0.5) is 5.69 Å². The van der Waals surface area contributed by atoms with Crippen molar-refractivity contribution in [3.8, 4) is 23.8 Å². The van der Waals surface area contributed by atoms with E-state index in [4.69, 9.17) is 39.7 Å². The Morgan fingerprint density at radius 3 is 2.67 bits per heavy atom. The quantitative estimate of drug-likeness (QED) is 0.399. The molecule has 0 unspecified atom stereocenters. The third-order valence-corrected chi connectivity index (χ3v) is 5.23. The van der Waals surface area contributed by atoms with Crippen LogP contribution in [0.3, 0.4) is 0 Å². The SMILES string of the molecule is C#CCOc1ccc(/C=C2/SC(=S)N(c3ccc(Cl)cc3)C2=O)cc1OC. The Morgan fingerprint density at radius 1 is 1.26 bits per heavy atom. The number of halogens is 1. The summed E-state index contributed by atoms with van der Waals surface area (Å²) in [6.45, 7) is 0.148. The van der Waals surface area contributed by atoms with Crippen LogP contribution in [-0.2, 0) is 4.79 Å². The van der Waals surface area contributed by atoms with Crippen molar-refractivity contribution < 1.29 is 14.3 Å². The van der Waals surface area contributed by atoms with Gasteiger partial charge in [0.05, 0.1) is 17.7 Å². The minimum absolute atomic E-state index is 0.148. The lowest BCUT2D eigenvalue weighted by Crippen LogP contribution is -2.27. The van der Waals surface area contributed by atoms with Crippen LogP contribution < -0.4 is 14.4 Å². The molecule has 1 amide bonds. The smallest absolute Gasteiger partial charge is 0.270 e. The van der Waals surface area contributed by atoms with Gasteiger partial charge in [-0.2, -0.15) is 0 Å². The molecule has 0 N–H and O–H groups in total. The molecule has 1 heterocycles. The number of benzene rings is 2. The van der Waals surface area contributed by atoms with Crippen molar-refractivity contribution in [2.24, 2.45) is 0 Å². The van der Waals surface area contributed by atoms with Gasteiger partial charge in [0, 0.05) is 5.02 Å². The van der Waals surface area contributed by atoms with Crippen LogP contribution in [0.5, 0.6) is 11.5 Å². The summed E-state index contributed by atoms with van der Waals surface area (Å²) in [7, 11) is 1.54. The highest BCUT2D eigenvalue weighted by atomic mass is 35.5. The maximum Gasteiger partial charge on any atom is 0.270 e. The van der Waals surface area contributed by atoms with Crippen LogP contribution in [0, 0.1) is 12.3 Å². The third kappa shape index (κ3) is 4.28. The first-order chi connectivity index (χ1) is 13.0. The average molecular weight is 416 g/mol. The lowest BCUT2D eigenvalue weighted by atomic mass is 10.2. The molecule has 2 aromatic rings. The number of anilines is 1. The van der Waals surface area contributed by atoms with E-state index >= 15 is 0 Å². The van der Waals surface area contributed by atoms with Crippen LogP contribution in [0.1, 0.15) is 5.56 Å². The average Bonchev–Trinajstić information content (AvgIpc) is 2.94. The van der Waals surface area contributed by atoms with Crippen LogP contribution in [0.25, 0.3) is 6.08 Å². The summed E-state index contributed by atoms with van der Waals surface area (Å²) in [6, 6.07) is 12.3. The zero-order valence-corrected chi connectivity index (χ0v) is 16.7. The Kier molecular flexibility index (Phi) is 6.07. The number of rotatable bonds is 5. The monoisotopic (exact) mass is 415 g/mol. The second kappa shape index (κ2) is 8.49. The van der Waals surface area contributed by atoms with E-state index in [9.17, 15) is 4.79 Å². The van der Waals surface area contributed by atoms with Crippen molar-refractivity contribution in [1.29, 1.82) is 0 Å². The third-order valence-electron chi connectivity index (χ3n) is 3.67. The van der Waals surface area contributed by atoms with E-state index in [1.54, 1.807) is 49.6 Å². The first-order valence-electron chi connectivity index (χ1n) is 7.81. The van der Waals surface area contributed by atoms with Gasteiger partial charge in [0.15, 0.2) is 15.8 Å². The molecule has 0 radical (unpaired) electrons. The minimum Gasteiger partial charge on any atom is -0.493 e. The molecular formula is C20H14ClNO3S2. The highest BCUT2D eigenvalue weighted by Gasteiger charge is 2.33. The van der Waals surface area contributed by atoms with Gasteiger partial charge < -0.3 is 9.47 Å². The van der Waals surface area contributed by atoms with Gasteiger partial charge in [-0.25, -0.2) is 0 Å². The molecule has 7 heteroatoms. The molecule has 1 aliphatic heterocycles. The summed E-state index contributed by atoms with van der Waals surface area (Å²) in [5, 5.41) is 0.596. The molecule has 0 atom stereocenters. The molecule has 2 aromatic carbocycles. The van der Waals surface area contributed by atoms with Gasteiger partial charge in [-0.15, -0.1) is 6.42 Å². The summed E-state index contributed by atoms with van der Waals surface area (Å²) >= 11 is 12.5. The molecule has 3 rings (SSSR count). The summed E-state index contributed by atoms with van der Waals surface area (Å²) in [6.07, 6.45) is 6.98. The van der Waals surface area contributed by atoms with E-state index in [0.29, 0.717) is 31.4 Å². The Bertz CT molecular complexity index is 964. The number of methoxy groups -OCH3 is 1. The van der Waals surface area contributed by atoms with Crippen molar-refractivity contribution in [2.75, 3.05) is 18.6 Å². The lowest BCUT2D eigenvalue weighted by molar-refractivity contribution is -0.113. The molecule has 0 spiro atoms. The van der Waals surface area contributed by atoms with E-state index < -0.39 is 0 Å². The lowest BCUT2D eigenvalue weighted by Gasteiger charge is -2.14. The van der Waals surface area contributed by atoms with Gasteiger partial charge in [-0.3, -0.25) is 9.69 Å². The van der Waals surface area contributed by atoms with Crippen molar-refractivity contribution in [3.05, 3.63) is 58.0 Å². The fourth-order valence-corrected chi connectivity index (χ4v) is 3.87. The Balaban J connectivity index is 1.87. The van der Waals surface area contributed by atoms with Crippen molar-refractivity contribution in [1.82, 2.24) is 0 Å². The van der Waals surface area contributed by atoms with Crippen molar-refractivity contribution in [3.63, 3.8) is 0 Å². The Hall–Kier alpha value is -2.46. The van der Waals surface area contributed by atoms with Gasteiger partial charge in [0.2, 0.25) is 0 Å². The van der Waals surface area contributed by atoms with E-state index in [2.05, 4.69) is 5.92 Å². The predicted octanol–water partition coefficient (Wildman–Crippen LogP) is 4.77. The molecule has 136 valence electrons. The molecule has 0 bridgehead atoms. The van der Waals surface area contributed by atoms with Crippen molar-refractivity contribution in [2.45, 2.75) is 0 Å². The number of amides is 1. The largest absolute Gasteiger partial charge is 0.493 e. The predicted molar refractivity (Wildman–Crippen MR) is 114 cm³/mol. The number of thiocarbonyl (C=S) groups is 1. The van der Waals surface area contributed by atoms with E-state index in [1.165, 1.54) is 16.7 Å². The van der Waals surface area contributed by atoms with E-state index in [1.807, 2.05) is 6.07 Å². The van der Waals surface area contributed by atoms with Gasteiger partial charge in [0.25, 0.3) is 5.91 Å².